The third kappa shape index (κ3) is 2.03. The Hall–Kier alpha value is -1.15. The molecule has 2 heterocycles. The molecule has 1 N–H and O–H groups in total. The monoisotopic (exact) mass is 263 g/mol. The normalized spacial score (nSPS) is 18.0. The highest BCUT2D eigenvalue weighted by atomic mass is 32.2. The first-order valence-electron chi connectivity index (χ1n) is 4.52. The molecule has 6 nitrogen and oxygen atoms in total. The van der Waals surface area contributed by atoms with E-state index in [-0.39, 0.29) is 17.9 Å². The van der Waals surface area contributed by atoms with Gasteiger partial charge >= 0.3 is 10.8 Å². The van der Waals surface area contributed by atoms with Crippen LogP contribution in [0.25, 0.3) is 0 Å². The number of nitrogens with zero attached hydrogens (tertiary/aromatic N) is 1. The molecule has 0 spiro atoms. The molecule has 0 radical (unpaired) electrons. The molecular weight excluding hydrogens is 254 g/mol. The average Bonchev–Trinajstić information content (AvgIpc) is 2.39. The minimum Gasteiger partial charge on any atom is -0.480 e. The molecule has 1 aliphatic rings. The summed E-state index contributed by atoms with van der Waals surface area (Å²) in [5.74, 6) is -1.26. The van der Waals surface area contributed by atoms with E-state index < -0.39 is 27.2 Å². The summed E-state index contributed by atoms with van der Waals surface area (Å²) in [5.41, 5.74) is 0.562. The quantitative estimate of drug-likeness (QED) is 0.774. The summed E-state index contributed by atoms with van der Waals surface area (Å²) in [6.45, 7) is -0.398. The van der Waals surface area contributed by atoms with E-state index in [4.69, 9.17) is 5.11 Å². The molecule has 8 heteroatoms. The van der Waals surface area contributed by atoms with Gasteiger partial charge in [-0.05, 0) is 0 Å². The topological polar surface area (TPSA) is 93.4 Å². The largest absolute Gasteiger partial charge is 0.480 e. The van der Waals surface area contributed by atoms with Crippen molar-refractivity contribution in [1.82, 2.24) is 4.57 Å². The number of carbonyl (C=O) groups is 1. The van der Waals surface area contributed by atoms with Crippen molar-refractivity contribution in [3.8, 4) is 0 Å². The Labute approximate surface area is 95.1 Å². The molecule has 0 unspecified atom stereocenters. The van der Waals surface area contributed by atoms with Crippen molar-refractivity contribution in [2.45, 2.75) is 18.7 Å². The van der Waals surface area contributed by atoms with Gasteiger partial charge in [-0.1, -0.05) is 11.3 Å². The molecule has 1 aromatic rings. The van der Waals surface area contributed by atoms with Crippen LogP contribution in [0.4, 0.5) is 0 Å². The fraction of sp³-hybridized carbons (Fsp3) is 0.500. The number of rotatable bonds is 2. The van der Waals surface area contributed by atoms with E-state index in [1.165, 1.54) is 0 Å². The Morgan fingerprint density at radius 3 is 2.81 bits per heavy atom. The number of sulfone groups is 1. The Balaban J connectivity index is 2.48. The van der Waals surface area contributed by atoms with E-state index in [0.29, 0.717) is 10.6 Å². The van der Waals surface area contributed by atoms with Gasteiger partial charge in [0.1, 0.15) is 6.54 Å². The van der Waals surface area contributed by atoms with E-state index >= 15 is 0 Å². The highest BCUT2D eigenvalue weighted by molar-refractivity contribution is 7.90. The van der Waals surface area contributed by atoms with Gasteiger partial charge in [-0.25, -0.2) is 8.42 Å². The van der Waals surface area contributed by atoms with Crippen LogP contribution in [-0.4, -0.2) is 29.8 Å². The Morgan fingerprint density at radius 2 is 2.19 bits per heavy atom. The van der Waals surface area contributed by atoms with E-state index in [9.17, 15) is 18.0 Å². The Kier molecular flexibility index (Phi) is 2.62. The van der Waals surface area contributed by atoms with Crippen LogP contribution in [0.1, 0.15) is 10.6 Å². The summed E-state index contributed by atoms with van der Waals surface area (Å²) in [6, 6.07) is 0. The van der Waals surface area contributed by atoms with Crippen LogP contribution in [0.15, 0.2) is 4.79 Å². The van der Waals surface area contributed by atoms with Crippen molar-refractivity contribution in [3.63, 3.8) is 0 Å². The predicted octanol–water partition coefficient (Wildman–Crippen LogP) is -0.535. The van der Waals surface area contributed by atoms with Gasteiger partial charge in [0.2, 0.25) is 0 Å². The first-order valence-corrected chi connectivity index (χ1v) is 7.16. The number of carboxylic acid groups (broad SMARTS) is 1. The molecule has 0 saturated heterocycles. The zero-order chi connectivity index (χ0) is 11.9. The van der Waals surface area contributed by atoms with Gasteiger partial charge in [0.25, 0.3) is 0 Å². The van der Waals surface area contributed by atoms with Crippen LogP contribution in [0, 0.1) is 0 Å². The summed E-state index contributed by atoms with van der Waals surface area (Å²) in [4.78, 5) is 22.1. The second-order valence-electron chi connectivity index (χ2n) is 3.56. The summed E-state index contributed by atoms with van der Waals surface area (Å²) in [5, 5.41) is 8.64. The Morgan fingerprint density at radius 1 is 1.50 bits per heavy atom. The number of aliphatic carboxylic acids is 1. The summed E-state index contributed by atoms with van der Waals surface area (Å²) < 4.78 is 23.8. The first kappa shape index (κ1) is 11.3. The van der Waals surface area contributed by atoms with Crippen molar-refractivity contribution < 1.29 is 18.3 Å². The number of fused-ring (bicyclic) bond motifs is 1. The molecule has 1 aromatic heterocycles. The average molecular weight is 263 g/mol. The van der Waals surface area contributed by atoms with Crippen molar-refractivity contribution in [3.05, 3.63) is 20.2 Å². The van der Waals surface area contributed by atoms with E-state index in [0.717, 1.165) is 15.9 Å². The number of hydrogen-bond acceptors (Lipinski definition) is 5. The van der Waals surface area contributed by atoms with Crippen LogP contribution in [0.3, 0.4) is 0 Å². The fourth-order valence-electron chi connectivity index (χ4n) is 1.69. The maximum Gasteiger partial charge on any atom is 0.323 e. The molecule has 0 bridgehead atoms. The van der Waals surface area contributed by atoms with E-state index in [2.05, 4.69) is 0 Å². The maximum absolute atomic E-state index is 11.5. The fourth-order valence-corrected chi connectivity index (χ4v) is 4.50. The maximum atomic E-state index is 11.5. The third-order valence-electron chi connectivity index (χ3n) is 2.37. The lowest BCUT2D eigenvalue weighted by Gasteiger charge is -2.13. The lowest BCUT2D eigenvalue weighted by atomic mass is 10.3. The van der Waals surface area contributed by atoms with Gasteiger partial charge in [0.15, 0.2) is 9.84 Å². The lowest BCUT2D eigenvalue weighted by Crippen LogP contribution is -2.25. The molecule has 1 aliphatic heterocycles. The van der Waals surface area contributed by atoms with Crippen molar-refractivity contribution in [1.29, 1.82) is 0 Å². The third-order valence-corrected chi connectivity index (χ3v) is 5.13. The molecule has 0 fully saturated rings. The van der Waals surface area contributed by atoms with Crippen molar-refractivity contribution in [2.24, 2.45) is 0 Å². The molecular formula is C8H9NO5S2. The van der Waals surface area contributed by atoms with Crippen molar-refractivity contribution >= 4 is 27.1 Å². The van der Waals surface area contributed by atoms with Crippen LogP contribution >= 0.6 is 11.3 Å². The van der Waals surface area contributed by atoms with Crippen LogP contribution in [-0.2, 0) is 33.4 Å². The summed E-state index contributed by atoms with van der Waals surface area (Å²) in [6.07, 6.45) is 0.226. The van der Waals surface area contributed by atoms with E-state index in [1.54, 1.807) is 0 Å². The summed E-state index contributed by atoms with van der Waals surface area (Å²) in [7, 11) is -3.12. The molecule has 2 rings (SSSR count). The smallest absolute Gasteiger partial charge is 0.323 e. The highest BCUT2D eigenvalue weighted by Crippen LogP contribution is 2.22. The number of aromatic nitrogens is 1. The molecule has 0 saturated carbocycles. The van der Waals surface area contributed by atoms with Gasteiger partial charge < -0.3 is 5.11 Å². The van der Waals surface area contributed by atoms with E-state index in [1.807, 2.05) is 0 Å². The van der Waals surface area contributed by atoms with Crippen LogP contribution in [0.2, 0.25) is 0 Å². The molecule has 0 amide bonds. The zero-order valence-electron chi connectivity index (χ0n) is 8.17. The van der Waals surface area contributed by atoms with Gasteiger partial charge in [0.05, 0.1) is 11.5 Å². The zero-order valence-corrected chi connectivity index (χ0v) is 9.81. The second kappa shape index (κ2) is 3.70. The predicted molar refractivity (Wildman–Crippen MR) is 57.4 cm³/mol. The minimum atomic E-state index is -3.12. The minimum absolute atomic E-state index is 0.0181. The molecule has 0 aliphatic carbocycles. The highest BCUT2D eigenvalue weighted by Gasteiger charge is 2.27. The lowest BCUT2D eigenvalue weighted by molar-refractivity contribution is -0.137. The van der Waals surface area contributed by atoms with Gasteiger partial charge in [0, 0.05) is 17.0 Å². The second-order valence-corrected chi connectivity index (χ2v) is 6.79. The Bertz CT molecular complexity index is 594. The molecule has 0 atom stereocenters. The van der Waals surface area contributed by atoms with Gasteiger partial charge in [-0.3, -0.25) is 14.2 Å². The standard InChI is InChI=1S/C8H9NO5S2/c10-7(11)3-9-5-1-2-16(13,14)4-6(5)15-8(9)12/h1-4H2,(H,10,11). The van der Waals surface area contributed by atoms with Gasteiger partial charge in [-0.2, -0.15) is 0 Å². The molecule has 88 valence electrons. The van der Waals surface area contributed by atoms with Crippen LogP contribution < -0.4 is 4.87 Å². The van der Waals surface area contributed by atoms with Gasteiger partial charge in [-0.15, -0.1) is 0 Å². The first-order chi connectivity index (χ1) is 7.39. The summed E-state index contributed by atoms with van der Waals surface area (Å²) >= 11 is 0.826. The SMILES string of the molecule is O=C(O)Cn1c2c(sc1=O)CS(=O)(=O)CC2. The number of carboxylic acids is 1. The van der Waals surface area contributed by atoms with Crippen molar-refractivity contribution in [2.75, 3.05) is 5.75 Å². The van der Waals surface area contributed by atoms with Crippen LogP contribution in [0.5, 0.6) is 0 Å². The number of hydrogen-bond donors (Lipinski definition) is 1. The number of thiazole rings is 1. The molecule has 0 aromatic carbocycles. The molecule has 16 heavy (non-hydrogen) atoms.